The highest BCUT2D eigenvalue weighted by molar-refractivity contribution is 5.82. The van der Waals surface area contributed by atoms with Crippen LogP contribution in [0.15, 0.2) is 51.7 Å². The summed E-state index contributed by atoms with van der Waals surface area (Å²) in [6, 6.07) is 12.0. The number of benzene rings is 2. The number of aryl methyl sites for hydroxylation is 1. The molecule has 4 heteroatoms. The van der Waals surface area contributed by atoms with Crippen molar-refractivity contribution < 1.29 is 8.81 Å². The predicted octanol–water partition coefficient (Wildman–Crippen LogP) is 4.65. The first-order chi connectivity index (χ1) is 11.9. The van der Waals surface area contributed by atoms with Crippen molar-refractivity contribution in [3.8, 4) is 0 Å². The molecule has 3 aromatic rings. The van der Waals surface area contributed by atoms with Crippen LogP contribution >= 0.6 is 0 Å². The molecule has 130 valence electrons. The molecule has 1 heterocycles. The second-order valence-electron chi connectivity index (χ2n) is 6.68. The van der Waals surface area contributed by atoms with Crippen molar-refractivity contribution in [3.05, 3.63) is 81.0 Å². The number of nitrogens with one attached hydrogen (secondary N) is 1. The zero-order chi connectivity index (χ0) is 18.0. The standard InChI is InChI=1S/C21H22FNO2/c1-13(2)18-10-19-16(9-21(24)25-20(19)8-14(18)3)12-23-11-15-4-6-17(22)7-5-15/h4-10,13,23H,11-12H2,1-3H3. The van der Waals surface area contributed by atoms with Gasteiger partial charge in [-0.25, -0.2) is 9.18 Å². The Morgan fingerprint density at radius 2 is 1.80 bits per heavy atom. The lowest BCUT2D eigenvalue weighted by molar-refractivity contribution is 0.556. The minimum atomic E-state index is -0.345. The number of rotatable bonds is 5. The molecule has 1 N–H and O–H groups in total. The normalized spacial score (nSPS) is 11.4. The molecule has 1 aromatic heterocycles. The van der Waals surface area contributed by atoms with E-state index in [4.69, 9.17) is 4.42 Å². The highest BCUT2D eigenvalue weighted by atomic mass is 19.1. The van der Waals surface area contributed by atoms with Gasteiger partial charge in [-0.05, 0) is 59.4 Å². The zero-order valence-corrected chi connectivity index (χ0v) is 14.7. The Balaban J connectivity index is 1.88. The highest BCUT2D eigenvalue weighted by Crippen LogP contribution is 2.26. The fraction of sp³-hybridized carbons (Fsp3) is 0.286. The summed E-state index contributed by atoms with van der Waals surface area (Å²) in [4.78, 5) is 11.9. The van der Waals surface area contributed by atoms with Gasteiger partial charge in [0.25, 0.3) is 0 Å². The van der Waals surface area contributed by atoms with E-state index in [-0.39, 0.29) is 11.4 Å². The minimum Gasteiger partial charge on any atom is -0.423 e. The molecule has 0 bridgehead atoms. The largest absolute Gasteiger partial charge is 0.423 e. The third-order valence-electron chi connectivity index (χ3n) is 4.40. The lowest BCUT2D eigenvalue weighted by atomic mass is 9.95. The third-order valence-corrected chi connectivity index (χ3v) is 4.40. The van der Waals surface area contributed by atoms with Gasteiger partial charge in [-0.2, -0.15) is 0 Å². The number of hydrogen-bond donors (Lipinski definition) is 1. The molecule has 0 saturated heterocycles. The van der Waals surface area contributed by atoms with Crippen LogP contribution in [-0.4, -0.2) is 0 Å². The summed E-state index contributed by atoms with van der Waals surface area (Å²) in [5, 5.41) is 4.28. The summed E-state index contributed by atoms with van der Waals surface area (Å²) in [5.41, 5.74) is 4.56. The summed E-state index contributed by atoms with van der Waals surface area (Å²) in [6.45, 7) is 7.48. The molecule has 0 radical (unpaired) electrons. The van der Waals surface area contributed by atoms with Crippen molar-refractivity contribution in [1.82, 2.24) is 5.32 Å². The summed E-state index contributed by atoms with van der Waals surface area (Å²) in [5.74, 6) is 0.156. The average Bonchev–Trinajstić information content (AvgIpc) is 2.55. The molecular weight excluding hydrogens is 317 g/mol. The summed E-state index contributed by atoms with van der Waals surface area (Å²) in [7, 11) is 0. The Hall–Kier alpha value is -2.46. The maximum Gasteiger partial charge on any atom is 0.336 e. The summed E-state index contributed by atoms with van der Waals surface area (Å²) < 4.78 is 18.3. The predicted molar refractivity (Wildman–Crippen MR) is 98.3 cm³/mol. The van der Waals surface area contributed by atoms with Crippen molar-refractivity contribution in [3.63, 3.8) is 0 Å². The van der Waals surface area contributed by atoms with Gasteiger partial charge in [0, 0.05) is 24.5 Å². The maximum atomic E-state index is 13.0. The van der Waals surface area contributed by atoms with E-state index in [1.54, 1.807) is 18.2 Å². The summed E-state index contributed by atoms with van der Waals surface area (Å²) >= 11 is 0. The molecule has 0 spiro atoms. The Morgan fingerprint density at radius 3 is 2.48 bits per heavy atom. The van der Waals surface area contributed by atoms with Crippen molar-refractivity contribution in [2.75, 3.05) is 0 Å². The van der Waals surface area contributed by atoms with Crippen LogP contribution in [0, 0.1) is 12.7 Å². The van der Waals surface area contributed by atoms with Crippen LogP contribution in [0.1, 0.15) is 42.0 Å². The van der Waals surface area contributed by atoms with Crippen LogP contribution < -0.4 is 10.9 Å². The van der Waals surface area contributed by atoms with Gasteiger partial charge in [-0.15, -0.1) is 0 Å². The Labute approximate surface area is 146 Å². The monoisotopic (exact) mass is 339 g/mol. The molecule has 0 fully saturated rings. The average molecular weight is 339 g/mol. The van der Waals surface area contributed by atoms with Gasteiger partial charge in [-0.3, -0.25) is 0 Å². The van der Waals surface area contributed by atoms with Gasteiger partial charge in [0.15, 0.2) is 0 Å². The van der Waals surface area contributed by atoms with Crippen molar-refractivity contribution in [2.45, 2.75) is 39.8 Å². The second kappa shape index (κ2) is 7.19. The van der Waals surface area contributed by atoms with E-state index in [0.717, 1.165) is 22.1 Å². The quantitative estimate of drug-likeness (QED) is 0.688. The molecule has 2 aromatic carbocycles. The number of halogens is 1. The highest BCUT2D eigenvalue weighted by Gasteiger charge is 2.11. The van der Waals surface area contributed by atoms with E-state index in [2.05, 4.69) is 25.2 Å². The van der Waals surface area contributed by atoms with Gasteiger partial charge in [0.05, 0.1) is 0 Å². The van der Waals surface area contributed by atoms with Gasteiger partial charge in [0.1, 0.15) is 11.4 Å². The first-order valence-corrected chi connectivity index (χ1v) is 8.46. The first-order valence-electron chi connectivity index (χ1n) is 8.46. The van der Waals surface area contributed by atoms with Crippen LogP contribution in [-0.2, 0) is 13.1 Å². The minimum absolute atomic E-state index is 0.244. The molecule has 0 unspecified atom stereocenters. The molecule has 0 aliphatic rings. The molecule has 3 rings (SSSR count). The van der Waals surface area contributed by atoms with Crippen molar-refractivity contribution in [1.29, 1.82) is 0 Å². The molecule has 25 heavy (non-hydrogen) atoms. The first kappa shape index (κ1) is 17.4. The molecule has 0 amide bonds. The van der Waals surface area contributed by atoms with E-state index < -0.39 is 0 Å². The van der Waals surface area contributed by atoms with E-state index >= 15 is 0 Å². The van der Waals surface area contributed by atoms with Gasteiger partial charge in [-0.1, -0.05) is 26.0 Å². The van der Waals surface area contributed by atoms with E-state index in [1.807, 2.05) is 13.0 Å². The van der Waals surface area contributed by atoms with E-state index in [9.17, 15) is 9.18 Å². The second-order valence-corrected chi connectivity index (χ2v) is 6.68. The Kier molecular flexibility index (Phi) is 5.00. The van der Waals surface area contributed by atoms with E-state index in [1.165, 1.54) is 17.7 Å². The molecule has 0 saturated carbocycles. The Morgan fingerprint density at radius 1 is 1.08 bits per heavy atom. The fourth-order valence-electron chi connectivity index (χ4n) is 3.10. The molecule has 0 atom stereocenters. The number of fused-ring (bicyclic) bond motifs is 1. The lowest BCUT2D eigenvalue weighted by Gasteiger charge is -2.13. The maximum absolute atomic E-state index is 13.0. The van der Waals surface area contributed by atoms with Crippen LogP contribution in [0.2, 0.25) is 0 Å². The topological polar surface area (TPSA) is 42.2 Å². The Bertz CT molecular complexity index is 943. The summed E-state index contributed by atoms with van der Waals surface area (Å²) in [6.07, 6.45) is 0. The molecular formula is C21H22FNO2. The van der Waals surface area contributed by atoms with Crippen LogP contribution in [0.3, 0.4) is 0 Å². The van der Waals surface area contributed by atoms with Gasteiger partial charge < -0.3 is 9.73 Å². The van der Waals surface area contributed by atoms with Crippen LogP contribution in [0.4, 0.5) is 4.39 Å². The molecule has 3 nitrogen and oxygen atoms in total. The third kappa shape index (κ3) is 3.97. The number of hydrogen-bond acceptors (Lipinski definition) is 3. The smallest absolute Gasteiger partial charge is 0.336 e. The van der Waals surface area contributed by atoms with E-state index in [0.29, 0.717) is 24.6 Å². The molecule has 0 aliphatic heterocycles. The van der Waals surface area contributed by atoms with Gasteiger partial charge in [0.2, 0.25) is 0 Å². The van der Waals surface area contributed by atoms with Crippen molar-refractivity contribution >= 4 is 11.0 Å². The fourth-order valence-corrected chi connectivity index (χ4v) is 3.10. The SMILES string of the molecule is Cc1cc2oc(=O)cc(CNCc3ccc(F)cc3)c2cc1C(C)C. The molecule has 0 aliphatic carbocycles. The lowest BCUT2D eigenvalue weighted by Crippen LogP contribution is -2.15. The zero-order valence-electron chi connectivity index (χ0n) is 14.7. The van der Waals surface area contributed by atoms with Crippen LogP contribution in [0.25, 0.3) is 11.0 Å². The van der Waals surface area contributed by atoms with Crippen LogP contribution in [0.5, 0.6) is 0 Å². The van der Waals surface area contributed by atoms with Crippen molar-refractivity contribution in [2.24, 2.45) is 0 Å². The van der Waals surface area contributed by atoms with Gasteiger partial charge >= 0.3 is 5.63 Å².